The van der Waals surface area contributed by atoms with Gasteiger partial charge in [0.05, 0.1) is 18.1 Å². The first-order valence-corrected chi connectivity index (χ1v) is 5.38. The number of ether oxygens (including phenoxy) is 2. The van der Waals surface area contributed by atoms with Gasteiger partial charge >= 0.3 is 0 Å². The van der Waals surface area contributed by atoms with E-state index in [1.54, 1.807) is 0 Å². The third-order valence-electron chi connectivity index (χ3n) is 2.17. The molecule has 0 bridgehead atoms. The SMILES string of the molecule is C=C(Cl)COc1cc([N+](=O)[O-])c(CN)cc1OC. The number of nitro groups is 1. The van der Waals surface area contributed by atoms with Crippen LogP contribution in [0.25, 0.3) is 0 Å². The lowest BCUT2D eigenvalue weighted by Crippen LogP contribution is -2.05. The first kappa shape index (κ1) is 14.3. The van der Waals surface area contributed by atoms with Crippen molar-refractivity contribution >= 4 is 17.3 Å². The van der Waals surface area contributed by atoms with E-state index in [4.69, 9.17) is 26.8 Å². The molecule has 1 aromatic rings. The minimum absolute atomic E-state index is 0.0369. The van der Waals surface area contributed by atoms with Crippen LogP contribution in [0.4, 0.5) is 5.69 Å². The van der Waals surface area contributed by atoms with Gasteiger partial charge in [0.2, 0.25) is 0 Å². The summed E-state index contributed by atoms with van der Waals surface area (Å²) < 4.78 is 10.4. The Labute approximate surface area is 109 Å². The van der Waals surface area contributed by atoms with Gasteiger partial charge in [-0.25, -0.2) is 0 Å². The van der Waals surface area contributed by atoms with Crippen LogP contribution in [-0.2, 0) is 6.54 Å². The van der Waals surface area contributed by atoms with E-state index in [0.717, 1.165) is 0 Å². The van der Waals surface area contributed by atoms with Crippen molar-refractivity contribution in [2.45, 2.75) is 6.54 Å². The average Bonchev–Trinajstić information content (AvgIpc) is 2.34. The largest absolute Gasteiger partial charge is 0.493 e. The van der Waals surface area contributed by atoms with Crippen molar-refractivity contribution in [1.29, 1.82) is 0 Å². The average molecular weight is 273 g/mol. The summed E-state index contributed by atoms with van der Waals surface area (Å²) in [5.74, 6) is 0.585. The van der Waals surface area contributed by atoms with Gasteiger partial charge < -0.3 is 15.2 Å². The Morgan fingerprint density at radius 3 is 2.67 bits per heavy atom. The van der Waals surface area contributed by atoms with Crippen molar-refractivity contribution in [3.63, 3.8) is 0 Å². The molecule has 0 aliphatic rings. The van der Waals surface area contributed by atoms with Gasteiger partial charge in [0.25, 0.3) is 5.69 Å². The Balaban J connectivity index is 3.18. The van der Waals surface area contributed by atoms with Crippen LogP contribution in [0.5, 0.6) is 11.5 Å². The summed E-state index contributed by atoms with van der Waals surface area (Å²) in [6.45, 7) is 3.54. The molecule has 0 saturated carbocycles. The topological polar surface area (TPSA) is 87.6 Å². The van der Waals surface area contributed by atoms with Crippen LogP contribution < -0.4 is 15.2 Å². The van der Waals surface area contributed by atoms with Crippen LogP contribution in [0.1, 0.15) is 5.56 Å². The predicted octanol–water partition coefficient (Wildman–Crippen LogP) is 2.19. The van der Waals surface area contributed by atoms with E-state index < -0.39 is 4.92 Å². The second-order valence-electron chi connectivity index (χ2n) is 3.40. The summed E-state index contributed by atoms with van der Waals surface area (Å²) in [4.78, 5) is 10.4. The molecule has 0 radical (unpaired) electrons. The second kappa shape index (κ2) is 6.23. The molecule has 0 fully saturated rings. The number of hydrogen-bond donors (Lipinski definition) is 1. The first-order valence-electron chi connectivity index (χ1n) is 5.01. The van der Waals surface area contributed by atoms with E-state index in [-0.39, 0.29) is 29.6 Å². The quantitative estimate of drug-likeness (QED) is 0.633. The molecular weight excluding hydrogens is 260 g/mol. The highest BCUT2D eigenvalue weighted by Gasteiger charge is 2.18. The number of rotatable bonds is 6. The number of hydrogen-bond acceptors (Lipinski definition) is 5. The van der Waals surface area contributed by atoms with Crippen molar-refractivity contribution in [3.8, 4) is 11.5 Å². The monoisotopic (exact) mass is 272 g/mol. The Kier molecular flexibility index (Phi) is 4.94. The molecule has 98 valence electrons. The van der Waals surface area contributed by atoms with Gasteiger partial charge in [-0.1, -0.05) is 18.2 Å². The van der Waals surface area contributed by atoms with Gasteiger partial charge in [0.1, 0.15) is 6.61 Å². The molecular formula is C11H13ClN2O4. The molecule has 7 heteroatoms. The van der Waals surface area contributed by atoms with E-state index in [1.807, 2.05) is 0 Å². The zero-order valence-corrected chi connectivity index (χ0v) is 10.6. The lowest BCUT2D eigenvalue weighted by atomic mass is 10.1. The summed E-state index contributed by atoms with van der Waals surface area (Å²) >= 11 is 5.57. The normalized spacial score (nSPS) is 9.94. The molecule has 0 aliphatic carbocycles. The summed E-state index contributed by atoms with van der Waals surface area (Å²) in [5, 5.41) is 11.2. The Morgan fingerprint density at radius 2 is 2.22 bits per heavy atom. The predicted molar refractivity (Wildman–Crippen MR) is 68.0 cm³/mol. The Hall–Kier alpha value is -1.79. The maximum absolute atomic E-state index is 10.9. The van der Waals surface area contributed by atoms with Crippen molar-refractivity contribution in [2.75, 3.05) is 13.7 Å². The number of nitrogens with two attached hydrogens (primary N) is 1. The molecule has 0 aliphatic heterocycles. The maximum atomic E-state index is 10.9. The van der Waals surface area contributed by atoms with Crippen molar-refractivity contribution in [1.82, 2.24) is 0 Å². The minimum Gasteiger partial charge on any atom is -0.493 e. The second-order valence-corrected chi connectivity index (χ2v) is 3.93. The molecule has 0 aromatic heterocycles. The zero-order valence-electron chi connectivity index (χ0n) is 9.81. The van der Waals surface area contributed by atoms with Gasteiger partial charge in [0.15, 0.2) is 11.5 Å². The molecule has 0 atom stereocenters. The highest BCUT2D eigenvalue weighted by atomic mass is 35.5. The molecule has 0 saturated heterocycles. The minimum atomic E-state index is -0.524. The molecule has 0 spiro atoms. The van der Waals surface area contributed by atoms with Gasteiger partial charge in [-0.2, -0.15) is 0 Å². The van der Waals surface area contributed by atoms with Crippen LogP contribution in [0, 0.1) is 10.1 Å². The molecule has 6 nitrogen and oxygen atoms in total. The Bertz CT molecular complexity index is 476. The zero-order chi connectivity index (χ0) is 13.7. The summed E-state index contributed by atoms with van der Waals surface area (Å²) in [7, 11) is 1.43. The van der Waals surface area contributed by atoms with E-state index in [0.29, 0.717) is 11.3 Å². The third kappa shape index (κ3) is 3.35. The molecule has 2 N–H and O–H groups in total. The van der Waals surface area contributed by atoms with E-state index in [9.17, 15) is 10.1 Å². The lowest BCUT2D eigenvalue weighted by Gasteiger charge is -2.11. The van der Waals surface area contributed by atoms with Crippen LogP contribution in [0.15, 0.2) is 23.7 Å². The summed E-state index contributed by atoms with van der Waals surface area (Å²) in [5.41, 5.74) is 5.70. The lowest BCUT2D eigenvalue weighted by molar-refractivity contribution is -0.385. The number of halogens is 1. The Morgan fingerprint density at radius 1 is 1.56 bits per heavy atom. The van der Waals surface area contributed by atoms with Gasteiger partial charge in [-0.05, 0) is 6.07 Å². The fourth-order valence-electron chi connectivity index (χ4n) is 1.35. The number of nitro benzene ring substituents is 1. The molecule has 18 heavy (non-hydrogen) atoms. The standard InChI is InChI=1S/C11H13ClN2O4/c1-7(12)6-18-11-4-9(14(15)16)8(5-13)3-10(11)17-2/h3-4H,1,5-6,13H2,2H3. The molecule has 1 aromatic carbocycles. The van der Waals surface area contributed by atoms with Crippen molar-refractivity contribution in [3.05, 3.63) is 39.4 Å². The number of nitrogens with zero attached hydrogens (tertiary/aromatic N) is 1. The smallest absolute Gasteiger partial charge is 0.277 e. The van der Waals surface area contributed by atoms with E-state index in [2.05, 4.69) is 6.58 Å². The molecule has 0 unspecified atom stereocenters. The van der Waals surface area contributed by atoms with E-state index >= 15 is 0 Å². The van der Waals surface area contributed by atoms with Crippen LogP contribution in [0.2, 0.25) is 0 Å². The van der Waals surface area contributed by atoms with Gasteiger partial charge in [0, 0.05) is 17.1 Å². The molecule has 0 heterocycles. The van der Waals surface area contributed by atoms with Crippen LogP contribution in [-0.4, -0.2) is 18.6 Å². The maximum Gasteiger partial charge on any atom is 0.277 e. The number of methoxy groups -OCH3 is 1. The van der Waals surface area contributed by atoms with Crippen LogP contribution >= 0.6 is 11.6 Å². The highest BCUT2D eigenvalue weighted by Crippen LogP contribution is 2.34. The van der Waals surface area contributed by atoms with Crippen molar-refractivity contribution in [2.24, 2.45) is 5.73 Å². The fraction of sp³-hybridized carbons (Fsp3) is 0.273. The van der Waals surface area contributed by atoms with Crippen LogP contribution in [0.3, 0.4) is 0 Å². The summed E-state index contributed by atoms with van der Waals surface area (Å²) in [6, 6.07) is 2.74. The van der Waals surface area contributed by atoms with Gasteiger partial charge in [-0.3, -0.25) is 10.1 Å². The first-order chi connectivity index (χ1) is 8.49. The molecule has 1 rings (SSSR count). The molecule has 0 amide bonds. The van der Waals surface area contributed by atoms with Gasteiger partial charge in [-0.15, -0.1) is 0 Å². The van der Waals surface area contributed by atoms with E-state index in [1.165, 1.54) is 19.2 Å². The van der Waals surface area contributed by atoms with Crippen molar-refractivity contribution < 1.29 is 14.4 Å². The summed E-state index contributed by atoms with van der Waals surface area (Å²) in [6.07, 6.45) is 0. The fourth-order valence-corrected chi connectivity index (χ4v) is 1.41. The highest BCUT2D eigenvalue weighted by molar-refractivity contribution is 6.29. The third-order valence-corrected chi connectivity index (χ3v) is 2.27. The number of benzene rings is 1.